The molecule has 4 heteroatoms. The van der Waals surface area contributed by atoms with Crippen molar-refractivity contribution in [1.29, 1.82) is 0 Å². The standard InChI is InChI=1S/C29H26FNO2/c1-17(2)19-15-24-21-5-3-4-6-26(21)33-29(24)25(16-19)28-23-8-7-20(18-10-13-32-14-11-18)27(30)22(23)9-12-31-28/h3-9,12,15-18H,10-11,13-14H2,1-2H3. The van der Waals surface area contributed by atoms with Gasteiger partial charge in [-0.1, -0.05) is 44.2 Å². The van der Waals surface area contributed by atoms with Crippen LogP contribution in [0.25, 0.3) is 44.0 Å². The van der Waals surface area contributed by atoms with Crippen LogP contribution in [-0.2, 0) is 4.74 Å². The van der Waals surface area contributed by atoms with E-state index in [9.17, 15) is 0 Å². The lowest BCUT2D eigenvalue weighted by molar-refractivity contribution is 0.0847. The van der Waals surface area contributed by atoms with Crippen LogP contribution >= 0.6 is 0 Å². The summed E-state index contributed by atoms with van der Waals surface area (Å²) in [6.07, 6.45) is 3.43. The van der Waals surface area contributed by atoms with Gasteiger partial charge in [0.15, 0.2) is 0 Å². The number of aromatic nitrogens is 1. The Balaban J connectivity index is 1.61. The first-order chi connectivity index (χ1) is 16.1. The Bertz CT molecular complexity index is 1490. The molecule has 1 aliphatic rings. The minimum atomic E-state index is -0.135. The Morgan fingerprint density at radius 3 is 2.55 bits per heavy atom. The summed E-state index contributed by atoms with van der Waals surface area (Å²) in [6.45, 7) is 5.75. The molecule has 0 bridgehead atoms. The van der Waals surface area contributed by atoms with Crippen LogP contribution in [0.1, 0.15) is 49.7 Å². The van der Waals surface area contributed by atoms with Crippen LogP contribution in [0.15, 0.2) is 65.2 Å². The normalized spacial score (nSPS) is 15.3. The molecule has 0 atom stereocenters. The zero-order valence-electron chi connectivity index (χ0n) is 18.9. The highest BCUT2D eigenvalue weighted by atomic mass is 19.1. The number of fused-ring (bicyclic) bond motifs is 4. The molecule has 0 N–H and O–H groups in total. The Morgan fingerprint density at radius 2 is 1.73 bits per heavy atom. The van der Waals surface area contributed by atoms with Crippen molar-refractivity contribution in [2.24, 2.45) is 0 Å². The first-order valence-electron chi connectivity index (χ1n) is 11.7. The second kappa shape index (κ2) is 7.96. The SMILES string of the molecule is CC(C)c1cc(-c2nccc3c(F)c(C4CCOCC4)ccc23)c2oc3ccccc3c2c1. The van der Waals surface area contributed by atoms with Gasteiger partial charge in [-0.2, -0.15) is 0 Å². The van der Waals surface area contributed by atoms with Gasteiger partial charge in [0.1, 0.15) is 17.0 Å². The van der Waals surface area contributed by atoms with E-state index in [1.165, 1.54) is 5.56 Å². The van der Waals surface area contributed by atoms with Crippen LogP contribution < -0.4 is 0 Å². The van der Waals surface area contributed by atoms with Crippen molar-refractivity contribution in [2.75, 3.05) is 13.2 Å². The Hall–Kier alpha value is -3.24. The third-order valence-electron chi connectivity index (χ3n) is 6.99. The van der Waals surface area contributed by atoms with E-state index in [-0.39, 0.29) is 11.7 Å². The van der Waals surface area contributed by atoms with Gasteiger partial charge in [0.25, 0.3) is 0 Å². The molecule has 1 aliphatic heterocycles. The van der Waals surface area contributed by atoms with Gasteiger partial charge in [0, 0.05) is 46.5 Å². The van der Waals surface area contributed by atoms with Gasteiger partial charge < -0.3 is 9.15 Å². The molecule has 33 heavy (non-hydrogen) atoms. The van der Waals surface area contributed by atoms with Crippen molar-refractivity contribution >= 4 is 32.7 Å². The van der Waals surface area contributed by atoms with E-state index < -0.39 is 0 Å². The highest BCUT2D eigenvalue weighted by molar-refractivity contribution is 6.12. The number of halogens is 1. The van der Waals surface area contributed by atoms with Gasteiger partial charge in [0.2, 0.25) is 0 Å². The molecule has 3 aromatic carbocycles. The van der Waals surface area contributed by atoms with Gasteiger partial charge in [-0.3, -0.25) is 4.98 Å². The molecule has 6 rings (SSSR count). The van der Waals surface area contributed by atoms with Gasteiger partial charge in [0.05, 0.1) is 5.69 Å². The molecule has 0 aliphatic carbocycles. The molecule has 3 heterocycles. The summed E-state index contributed by atoms with van der Waals surface area (Å²) in [5.41, 5.74) is 5.32. The smallest absolute Gasteiger partial charge is 0.144 e. The van der Waals surface area contributed by atoms with Gasteiger partial charge >= 0.3 is 0 Å². The summed E-state index contributed by atoms with van der Waals surface area (Å²) >= 11 is 0. The number of hydrogen-bond acceptors (Lipinski definition) is 3. The second-order valence-corrected chi connectivity index (χ2v) is 9.31. The fourth-order valence-corrected chi connectivity index (χ4v) is 5.13. The lowest BCUT2D eigenvalue weighted by Gasteiger charge is -2.23. The average molecular weight is 440 g/mol. The van der Waals surface area contributed by atoms with Crippen molar-refractivity contribution < 1.29 is 13.5 Å². The van der Waals surface area contributed by atoms with E-state index in [1.54, 1.807) is 12.3 Å². The molecule has 5 aromatic rings. The fourth-order valence-electron chi connectivity index (χ4n) is 5.13. The van der Waals surface area contributed by atoms with Crippen LogP contribution in [0.5, 0.6) is 0 Å². The molecule has 0 radical (unpaired) electrons. The lowest BCUT2D eigenvalue weighted by Crippen LogP contribution is -2.15. The largest absolute Gasteiger partial charge is 0.455 e. The number of benzene rings is 3. The van der Waals surface area contributed by atoms with E-state index in [0.717, 1.165) is 57.0 Å². The number of pyridine rings is 1. The van der Waals surface area contributed by atoms with Crippen LogP contribution in [0.2, 0.25) is 0 Å². The molecular weight excluding hydrogens is 413 g/mol. The van der Waals surface area contributed by atoms with Crippen LogP contribution in [-0.4, -0.2) is 18.2 Å². The van der Waals surface area contributed by atoms with Crippen molar-refractivity contribution in [3.63, 3.8) is 0 Å². The maximum atomic E-state index is 15.7. The molecule has 2 aromatic heterocycles. The Labute approximate surface area is 192 Å². The summed E-state index contributed by atoms with van der Waals surface area (Å²) in [5, 5.41) is 3.59. The molecule has 0 amide bonds. The third-order valence-corrected chi connectivity index (χ3v) is 6.99. The van der Waals surface area contributed by atoms with E-state index in [0.29, 0.717) is 24.5 Å². The van der Waals surface area contributed by atoms with E-state index in [2.05, 4.69) is 32.0 Å². The molecule has 1 fully saturated rings. The van der Waals surface area contributed by atoms with Crippen molar-refractivity contribution in [1.82, 2.24) is 4.98 Å². The molecule has 0 unspecified atom stereocenters. The molecule has 3 nitrogen and oxygen atoms in total. The Kier molecular flexibility index (Phi) is 4.92. The molecular formula is C29H26FNO2. The highest BCUT2D eigenvalue weighted by Gasteiger charge is 2.23. The summed E-state index contributed by atoms with van der Waals surface area (Å²) in [7, 11) is 0. The number of para-hydroxylation sites is 1. The van der Waals surface area contributed by atoms with Gasteiger partial charge in [-0.05, 0) is 60.1 Å². The Morgan fingerprint density at radius 1 is 0.909 bits per heavy atom. The van der Waals surface area contributed by atoms with Gasteiger partial charge in [-0.25, -0.2) is 4.39 Å². The number of nitrogens with zero attached hydrogens (tertiary/aromatic N) is 1. The van der Waals surface area contributed by atoms with Crippen molar-refractivity contribution in [2.45, 2.75) is 38.5 Å². The minimum Gasteiger partial charge on any atom is -0.455 e. The quantitative estimate of drug-likeness (QED) is 0.286. The fraction of sp³-hybridized carbons (Fsp3) is 0.276. The molecule has 0 spiro atoms. The maximum Gasteiger partial charge on any atom is 0.144 e. The summed E-state index contributed by atoms with van der Waals surface area (Å²) < 4.78 is 27.5. The van der Waals surface area contributed by atoms with E-state index in [4.69, 9.17) is 14.1 Å². The van der Waals surface area contributed by atoms with Crippen molar-refractivity contribution in [3.8, 4) is 11.3 Å². The molecule has 166 valence electrons. The number of ether oxygens (including phenoxy) is 1. The van der Waals surface area contributed by atoms with Crippen molar-refractivity contribution in [3.05, 3.63) is 77.7 Å². The lowest BCUT2D eigenvalue weighted by atomic mass is 9.88. The minimum absolute atomic E-state index is 0.135. The maximum absolute atomic E-state index is 15.7. The van der Waals surface area contributed by atoms with Crippen LogP contribution in [0.4, 0.5) is 4.39 Å². The summed E-state index contributed by atoms with van der Waals surface area (Å²) in [4.78, 5) is 4.73. The molecule has 0 saturated carbocycles. The van der Waals surface area contributed by atoms with E-state index >= 15 is 4.39 Å². The number of furan rings is 1. The second-order valence-electron chi connectivity index (χ2n) is 9.31. The predicted octanol–water partition coefficient (Wildman–Crippen LogP) is 7.96. The average Bonchev–Trinajstić information content (AvgIpc) is 3.23. The first-order valence-corrected chi connectivity index (χ1v) is 11.7. The summed E-state index contributed by atoms with van der Waals surface area (Å²) in [5.74, 6) is 0.406. The topological polar surface area (TPSA) is 35.3 Å². The zero-order chi connectivity index (χ0) is 22.5. The summed E-state index contributed by atoms with van der Waals surface area (Å²) in [6, 6.07) is 18.2. The van der Waals surface area contributed by atoms with Crippen LogP contribution in [0, 0.1) is 5.82 Å². The third kappa shape index (κ3) is 3.32. The van der Waals surface area contributed by atoms with Gasteiger partial charge in [-0.15, -0.1) is 0 Å². The van der Waals surface area contributed by atoms with E-state index in [1.807, 2.05) is 30.3 Å². The van der Waals surface area contributed by atoms with Crippen LogP contribution in [0.3, 0.4) is 0 Å². The zero-order valence-corrected chi connectivity index (χ0v) is 18.9. The molecule has 1 saturated heterocycles. The first kappa shape index (κ1) is 20.4. The number of rotatable bonds is 3. The predicted molar refractivity (Wildman–Crippen MR) is 131 cm³/mol. The monoisotopic (exact) mass is 439 g/mol. The highest BCUT2D eigenvalue weighted by Crippen LogP contribution is 2.41. The number of hydrogen-bond donors (Lipinski definition) is 0.